The Morgan fingerprint density at radius 2 is 2.19 bits per heavy atom. The van der Waals surface area contributed by atoms with E-state index in [1.54, 1.807) is 19.4 Å². The van der Waals surface area contributed by atoms with Gasteiger partial charge in [-0.05, 0) is 30.3 Å². The maximum atomic E-state index is 11.4. The number of carboxylic acid groups (broad SMARTS) is 1. The van der Waals surface area contributed by atoms with Gasteiger partial charge in [0.05, 0.1) is 17.5 Å². The van der Waals surface area contributed by atoms with Gasteiger partial charge in [-0.3, -0.25) is 4.98 Å². The van der Waals surface area contributed by atoms with Gasteiger partial charge in [-0.25, -0.2) is 4.79 Å². The van der Waals surface area contributed by atoms with Crippen LogP contribution in [-0.2, 0) is 0 Å². The van der Waals surface area contributed by atoms with Gasteiger partial charge < -0.3 is 14.8 Å². The lowest BCUT2D eigenvalue weighted by molar-refractivity contribution is 0.0687. The van der Waals surface area contributed by atoms with E-state index in [4.69, 9.17) is 4.74 Å². The number of rotatable bonds is 4. The van der Waals surface area contributed by atoms with Crippen LogP contribution in [0.2, 0.25) is 0 Å². The first-order chi connectivity index (χ1) is 10.2. The number of carbonyl (C=O) groups is 1. The Labute approximate surface area is 125 Å². The summed E-state index contributed by atoms with van der Waals surface area (Å²) < 4.78 is 5.19. The Kier molecular flexibility index (Phi) is 3.53. The number of methoxy groups -OCH3 is 1. The molecule has 0 bridgehead atoms. The fraction of sp³-hybridized carbons (Fsp3) is 0.0667. The summed E-state index contributed by atoms with van der Waals surface area (Å²) in [4.78, 5) is 20.1. The minimum atomic E-state index is -1.00. The molecular weight excluding hydrogens is 288 g/mol. The number of hydrogen-bond donors (Lipinski definition) is 2. The van der Waals surface area contributed by atoms with Crippen LogP contribution in [0, 0.1) is 0 Å². The third kappa shape index (κ3) is 2.57. The third-order valence-corrected chi connectivity index (χ3v) is 4.08. The SMILES string of the molecule is COc1cccc(Sc2c(C(=O)O)[nH]c3cccnc23)c1. The zero-order valence-corrected chi connectivity index (χ0v) is 12.0. The summed E-state index contributed by atoms with van der Waals surface area (Å²) in [6.45, 7) is 0. The average molecular weight is 300 g/mol. The number of nitrogens with one attached hydrogen (secondary N) is 1. The third-order valence-electron chi connectivity index (χ3n) is 2.98. The normalized spacial score (nSPS) is 10.7. The Hall–Kier alpha value is -2.47. The summed E-state index contributed by atoms with van der Waals surface area (Å²) in [6, 6.07) is 11.0. The van der Waals surface area contributed by atoms with Crippen molar-refractivity contribution in [3.8, 4) is 5.75 Å². The van der Waals surface area contributed by atoms with Gasteiger partial charge >= 0.3 is 5.97 Å². The number of fused-ring (bicyclic) bond motifs is 1. The van der Waals surface area contributed by atoms with E-state index in [2.05, 4.69) is 9.97 Å². The Morgan fingerprint density at radius 1 is 1.33 bits per heavy atom. The van der Waals surface area contributed by atoms with Crippen molar-refractivity contribution in [2.45, 2.75) is 9.79 Å². The van der Waals surface area contributed by atoms with Crippen LogP contribution in [0.15, 0.2) is 52.4 Å². The molecule has 2 heterocycles. The number of nitrogens with zero attached hydrogens (tertiary/aromatic N) is 1. The fourth-order valence-electron chi connectivity index (χ4n) is 2.03. The molecule has 21 heavy (non-hydrogen) atoms. The molecule has 1 aromatic carbocycles. The van der Waals surface area contributed by atoms with Crippen molar-refractivity contribution in [1.82, 2.24) is 9.97 Å². The highest BCUT2D eigenvalue weighted by Crippen LogP contribution is 2.36. The summed E-state index contributed by atoms with van der Waals surface area (Å²) in [5.74, 6) is -0.275. The lowest BCUT2D eigenvalue weighted by atomic mass is 10.3. The summed E-state index contributed by atoms with van der Waals surface area (Å²) >= 11 is 1.35. The number of aromatic carboxylic acids is 1. The maximum Gasteiger partial charge on any atom is 0.353 e. The van der Waals surface area contributed by atoms with Crippen molar-refractivity contribution >= 4 is 28.8 Å². The van der Waals surface area contributed by atoms with Crippen molar-refractivity contribution in [2.24, 2.45) is 0 Å². The molecule has 0 saturated heterocycles. The zero-order valence-electron chi connectivity index (χ0n) is 11.2. The van der Waals surface area contributed by atoms with Gasteiger partial charge in [-0.2, -0.15) is 0 Å². The molecule has 0 aliphatic heterocycles. The largest absolute Gasteiger partial charge is 0.497 e. The smallest absolute Gasteiger partial charge is 0.353 e. The summed E-state index contributed by atoms with van der Waals surface area (Å²) in [5.41, 5.74) is 1.51. The van der Waals surface area contributed by atoms with Gasteiger partial charge in [-0.15, -0.1) is 0 Å². The molecule has 0 aliphatic rings. The molecule has 0 atom stereocenters. The molecule has 0 aliphatic carbocycles. The van der Waals surface area contributed by atoms with Crippen molar-refractivity contribution in [2.75, 3.05) is 7.11 Å². The van der Waals surface area contributed by atoms with Crippen LogP contribution in [0.25, 0.3) is 11.0 Å². The van der Waals surface area contributed by atoms with Gasteiger partial charge in [0.1, 0.15) is 17.0 Å². The standard InChI is InChI=1S/C15H12N2O3S/c1-20-9-4-2-5-10(8-9)21-14-12-11(6-3-7-16-12)17-13(14)15(18)19/h2-8,17H,1H3,(H,18,19). The molecule has 0 spiro atoms. The van der Waals surface area contributed by atoms with E-state index in [0.717, 1.165) is 10.6 Å². The van der Waals surface area contributed by atoms with Gasteiger partial charge in [0.25, 0.3) is 0 Å². The Balaban J connectivity index is 2.10. The number of hydrogen-bond acceptors (Lipinski definition) is 4. The first kappa shape index (κ1) is 13.5. The molecule has 3 aromatic rings. The number of ether oxygens (including phenoxy) is 1. The van der Waals surface area contributed by atoms with Crippen LogP contribution in [0.4, 0.5) is 0 Å². The van der Waals surface area contributed by atoms with Crippen LogP contribution in [0.1, 0.15) is 10.5 Å². The molecule has 2 N–H and O–H groups in total. The van der Waals surface area contributed by atoms with Crippen LogP contribution in [-0.4, -0.2) is 28.2 Å². The molecule has 0 unspecified atom stereocenters. The molecule has 106 valence electrons. The highest BCUT2D eigenvalue weighted by atomic mass is 32.2. The summed E-state index contributed by atoms with van der Waals surface area (Å²) in [6.07, 6.45) is 1.65. The maximum absolute atomic E-state index is 11.4. The van der Waals surface area contributed by atoms with E-state index in [1.807, 2.05) is 30.3 Å². The van der Waals surface area contributed by atoms with Crippen LogP contribution >= 0.6 is 11.8 Å². The molecule has 5 nitrogen and oxygen atoms in total. The quantitative estimate of drug-likeness (QED) is 0.772. The molecule has 0 radical (unpaired) electrons. The van der Waals surface area contributed by atoms with E-state index < -0.39 is 5.97 Å². The molecule has 6 heteroatoms. The Morgan fingerprint density at radius 3 is 2.95 bits per heavy atom. The van der Waals surface area contributed by atoms with Gasteiger partial charge in [0, 0.05) is 11.1 Å². The first-order valence-corrected chi connectivity index (χ1v) is 7.02. The number of aromatic amines is 1. The second-order valence-electron chi connectivity index (χ2n) is 4.31. The monoisotopic (exact) mass is 300 g/mol. The average Bonchev–Trinajstić information content (AvgIpc) is 2.87. The minimum Gasteiger partial charge on any atom is -0.497 e. The molecule has 0 fully saturated rings. The van der Waals surface area contributed by atoms with Crippen LogP contribution in [0.5, 0.6) is 5.75 Å². The van der Waals surface area contributed by atoms with E-state index >= 15 is 0 Å². The van der Waals surface area contributed by atoms with Crippen molar-refractivity contribution < 1.29 is 14.6 Å². The second-order valence-corrected chi connectivity index (χ2v) is 5.40. The number of pyridine rings is 1. The predicted octanol–water partition coefficient (Wildman–Crippen LogP) is 3.42. The van der Waals surface area contributed by atoms with Crippen molar-refractivity contribution in [1.29, 1.82) is 0 Å². The number of carboxylic acids is 1. The number of H-pyrrole nitrogens is 1. The highest BCUT2D eigenvalue weighted by molar-refractivity contribution is 7.99. The Bertz CT molecular complexity index is 814. The first-order valence-electron chi connectivity index (χ1n) is 6.21. The fourth-order valence-corrected chi connectivity index (χ4v) is 3.09. The molecule has 0 amide bonds. The van der Waals surface area contributed by atoms with Crippen molar-refractivity contribution in [3.63, 3.8) is 0 Å². The van der Waals surface area contributed by atoms with E-state index in [9.17, 15) is 9.90 Å². The predicted molar refractivity (Wildman–Crippen MR) is 80.2 cm³/mol. The molecule has 2 aromatic heterocycles. The summed E-state index contributed by atoms with van der Waals surface area (Å²) in [5, 5.41) is 9.35. The van der Waals surface area contributed by atoms with Crippen molar-refractivity contribution in [3.05, 3.63) is 48.3 Å². The van der Waals surface area contributed by atoms with Crippen LogP contribution < -0.4 is 4.74 Å². The molecule has 3 rings (SSSR count). The molecular formula is C15H12N2O3S. The number of benzene rings is 1. The van der Waals surface area contributed by atoms with E-state index in [0.29, 0.717) is 15.9 Å². The lowest BCUT2D eigenvalue weighted by Crippen LogP contribution is -1.98. The minimum absolute atomic E-state index is 0.150. The second kappa shape index (κ2) is 5.49. The summed E-state index contributed by atoms with van der Waals surface area (Å²) in [7, 11) is 1.60. The van der Waals surface area contributed by atoms with Gasteiger partial charge in [0.2, 0.25) is 0 Å². The topological polar surface area (TPSA) is 75.2 Å². The number of aromatic nitrogens is 2. The van der Waals surface area contributed by atoms with Crippen LogP contribution in [0.3, 0.4) is 0 Å². The highest BCUT2D eigenvalue weighted by Gasteiger charge is 2.19. The van der Waals surface area contributed by atoms with Gasteiger partial charge in [0.15, 0.2) is 0 Å². The van der Waals surface area contributed by atoms with Gasteiger partial charge in [-0.1, -0.05) is 17.8 Å². The van der Waals surface area contributed by atoms with E-state index in [1.165, 1.54) is 11.8 Å². The molecule has 0 saturated carbocycles. The van der Waals surface area contributed by atoms with E-state index in [-0.39, 0.29) is 5.69 Å². The zero-order chi connectivity index (χ0) is 14.8. The lowest BCUT2D eigenvalue weighted by Gasteiger charge is -2.04.